The Bertz CT molecular complexity index is 657. The third kappa shape index (κ3) is 4.41. The van der Waals surface area contributed by atoms with Gasteiger partial charge in [0.2, 0.25) is 0 Å². The summed E-state index contributed by atoms with van der Waals surface area (Å²) in [5, 5.41) is 2.53. The average molecular weight is 296 g/mol. The van der Waals surface area contributed by atoms with Crippen LogP contribution in [0, 0.1) is 0 Å². The van der Waals surface area contributed by atoms with Crippen LogP contribution in [0.2, 0.25) is 0 Å². The molecule has 0 unspecified atom stereocenters. The van der Waals surface area contributed by atoms with Crippen LogP contribution in [0.1, 0.15) is 10.4 Å². The van der Waals surface area contributed by atoms with E-state index >= 15 is 0 Å². The van der Waals surface area contributed by atoms with Crippen LogP contribution in [0.15, 0.2) is 48.5 Å². The molecule has 7 heteroatoms. The highest BCUT2D eigenvalue weighted by Gasteiger charge is 2.31. The first-order chi connectivity index (χ1) is 9.83. The lowest BCUT2D eigenvalue weighted by molar-refractivity contribution is -0.274. The number of amides is 1. The van der Waals surface area contributed by atoms with Crippen molar-refractivity contribution >= 4 is 17.3 Å². The Hall–Kier alpha value is -2.70. The zero-order chi connectivity index (χ0) is 15.5. The minimum absolute atomic E-state index is 0.0409. The number of anilines is 2. The molecule has 0 aliphatic carbocycles. The quantitative estimate of drug-likeness (QED) is 0.853. The molecule has 4 nitrogen and oxygen atoms in total. The number of alkyl halides is 3. The summed E-state index contributed by atoms with van der Waals surface area (Å²) in [7, 11) is 0. The summed E-state index contributed by atoms with van der Waals surface area (Å²) in [5.74, 6) is -1.02. The standard InChI is InChI=1S/C14H11F3N2O2/c15-14(16,17)21-12-6-1-3-9(7-12)13(20)19-11-5-2-4-10(18)8-11/h1-8H,18H2,(H,19,20). The van der Waals surface area contributed by atoms with Gasteiger partial charge in [-0.1, -0.05) is 12.1 Å². The third-order valence-corrected chi connectivity index (χ3v) is 2.47. The van der Waals surface area contributed by atoms with E-state index in [4.69, 9.17) is 5.73 Å². The van der Waals surface area contributed by atoms with Crippen molar-refractivity contribution < 1.29 is 22.7 Å². The maximum absolute atomic E-state index is 12.1. The van der Waals surface area contributed by atoms with Gasteiger partial charge in [-0.15, -0.1) is 13.2 Å². The molecular formula is C14H11F3N2O2. The van der Waals surface area contributed by atoms with Gasteiger partial charge in [0, 0.05) is 16.9 Å². The fraction of sp³-hybridized carbons (Fsp3) is 0.0714. The van der Waals surface area contributed by atoms with Crippen LogP contribution < -0.4 is 15.8 Å². The van der Waals surface area contributed by atoms with E-state index in [2.05, 4.69) is 10.1 Å². The number of halogens is 3. The van der Waals surface area contributed by atoms with Crippen LogP contribution in [-0.4, -0.2) is 12.3 Å². The molecule has 0 aromatic heterocycles. The van der Waals surface area contributed by atoms with Crippen LogP contribution in [-0.2, 0) is 0 Å². The molecule has 0 heterocycles. The lowest BCUT2D eigenvalue weighted by Crippen LogP contribution is -2.18. The van der Waals surface area contributed by atoms with Crippen LogP contribution in [0.5, 0.6) is 5.75 Å². The largest absolute Gasteiger partial charge is 0.573 e. The van der Waals surface area contributed by atoms with Gasteiger partial charge in [-0.2, -0.15) is 0 Å². The molecule has 0 spiro atoms. The van der Waals surface area contributed by atoms with E-state index in [9.17, 15) is 18.0 Å². The van der Waals surface area contributed by atoms with Crippen molar-refractivity contribution in [2.45, 2.75) is 6.36 Å². The number of nitrogen functional groups attached to an aromatic ring is 1. The molecule has 2 rings (SSSR count). The van der Waals surface area contributed by atoms with Crippen LogP contribution in [0.4, 0.5) is 24.5 Å². The number of carbonyl (C=O) groups is 1. The monoisotopic (exact) mass is 296 g/mol. The minimum Gasteiger partial charge on any atom is -0.406 e. The first-order valence-electron chi connectivity index (χ1n) is 5.86. The number of benzene rings is 2. The Morgan fingerprint density at radius 2 is 1.81 bits per heavy atom. The van der Waals surface area contributed by atoms with Gasteiger partial charge >= 0.3 is 6.36 Å². The van der Waals surface area contributed by atoms with Gasteiger partial charge < -0.3 is 15.8 Å². The Balaban J connectivity index is 2.14. The number of hydrogen-bond acceptors (Lipinski definition) is 3. The number of nitrogens with two attached hydrogens (primary N) is 1. The summed E-state index contributed by atoms with van der Waals surface area (Å²) in [6, 6.07) is 11.2. The Morgan fingerprint density at radius 1 is 1.10 bits per heavy atom. The molecule has 2 aromatic rings. The van der Waals surface area contributed by atoms with Gasteiger partial charge in [-0.3, -0.25) is 4.79 Å². The zero-order valence-corrected chi connectivity index (χ0v) is 10.6. The molecule has 0 fully saturated rings. The lowest BCUT2D eigenvalue weighted by Gasteiger charge is -2.10. The fourth-order valence-corrected chi connectivity index (χ4v) is 1.65. The molecule has 2 aromatic carbocycles. The molecule has 0 saturated carbocycles. The predicted octanol–water partition coefficient (Wildman–Crippen LogP) is 3.42. The van der Waals surface area contributed by atoms with Crippen molar-refractivity contribution in [3.63, 3.8) is 0 Å². The molecule has 110 valence electrons. The molecule has 3 N–H and O–H groups in total. The van der Waals surface area contributed by atoms with Crippen molar-refractivity contribution in [2.24, 2.45) is 0 Å². The molecule has 0 saturated heterocycles. The Kier molecular flexibility index (Phi) is 4.02. The molecular weight excluding hydrogens is 285 g/mol. The summed E-state index contributed by atoms with van der Waals surface area (Å²) in [6.07, 6.45) is -4.80. The SMILES string of the molecule is Nc1cccc(NC(=O)c2cccc(OC(F)(F)F)c2)c1. The summed E-state index contributed by atoms with van der Waals surface area (Å²) < 4.78 is 40.1. The third-order valence-electron chi connectivity index (χ3n) is 2.47. The fourth-order valence-electron chi connectivity index (χ4n) is 1.65. The van der Waals surface area contributed by atoms with E-state index in [-0.39, 0.29) is 5.56 Å². The van der Waals surface area contributed by atoms with E-state index in [0.29, 0.717) is 11.4 Å². The van der Waals surface area contributed by atoms with E-state index in [0.717, 1.165) is 12.1 Å². The summed E-state index contributed by atoms with van der Waals surface area (Å²) in [6.45, 7) is 0. The maximum atomic E-state index is 12.1. The molecule has 0 aliphatic heterocycles. The zero-order valence-electron chi connectivity index (χ0n) is 10.6. The maximum Gasteiger partial charge on any atom is 0.573 e. The van der Waals surface area contributed by atoms with Gasteiger partial charge in [-0.05, 0) is 36.4 Å². The minimum atomic E-state index is -4.80. The van der Waals surface area contributed by atoms with Crippen LogP contribution >= 0.6 is 0 Å². The second kappa shape index (κ2) is 5.74. The van der Waals surface area contributed by atoms with Crippen molar-refractivity contribution in [3.8, 4) is 5.75 Å². The number of carbonyl (C=O) groups excluding carboxylic acids is 1. The molecule has 1 amide bonds. The van der Waals surface area contributed by atoms with Gasteiger partial charge in [-0.25, -0.2) is 0 Å². The van der Waals surface area contributed by atoms with Gasteiger partial charge in [0.15, 0.2) is 0 Å². The second-order valence-corrected chi connectivity index (χ2v) is 4.16. The summed E-state index contributed by atoms with van der Waals surface area (Å²) in [5.41, 5.74) is 6.52. The first-order valence-corrected chi connectivity index (χ1v) is 5.86. The van der Waals surface area contributed by atoms with Gasteiger partial charge in [0.05, 0.1) is 0 Å². The molecule has 21 heavy (non-hydrogen) atoms. The Morgan fingerprint density at radius 3 is 2.48 bits per heavy atom. The molecule has 0 aliphatic rings. The number of hydrogen-bond donors (Lipinski definition) is 2. The first kappa shape index (κ1) is 14.7. The van der Waals surface area contributed by atoms with Crippen LogP contribution in [0.25, 0.3) is 0 Å². The topological polar surface area (TPSA) is 64.3 Å². The average Bonchev–Trinajstić information content (AvgIpc) is 2.37. The summed E-state index contributed by atoms with van der Waals surface area (Å²) in [4.78, 5) is 12.0. The van der Waals surface area contributed by atoms with E-state index in [1.807, 2.05) is 0 Å². The highest BCUT2D eigenvalue weighted by Crippen LogP contribution is 2.23. The van der Waals surface area contributed by atoms with Crippen LogP contribution in [0.3, 0.4) is 0 Å². The van der Waals surface area contributed by atoms with E-state index < -0.39 is 18.0 Å². The second-order valence-electron chi connectivity index (χ2n) is 4.16. The number of ether oxygens (including phenoxy) is 1. The van der Waals surface area contributed by atoms with E-state index in [1.54, 1.807) is 18.2 Å². The molecule has 0 radical (unpaired) electrons. The molecule has 0 atom stereocenters. The van der Waals surface area contributed by atoms with Crippen molar-refractivity contribution in [2.75, 3.05) is 11.1 Å². The summed E-state index contributed by atoms with van der Waals surface area (Å²) >= 11 is 0. The predicted molar refractivity (Wildman–Crippen MR) is 71.9 cm³/mol. The van der Waals surface area contributed by atoms with Gasteiger partial charge in [0.1, 0.15) is 5.75 Å². The van der Waals surface area contributed by atoms with Crippen molar-refractivity contribution in [3.05, 3.63) is 54.1 Å². The highest BCUT2D eigenvalue weighted by atomic mass is 19.4. The Labute approximate surface area is 118 Å². The number of nitrogens with one attached hydrogen (secondary N) is 1. The van der Waals surface area contributed by atoms with Crippen molar-refractivity contribution in [1.82, 2.24) is 0 Å². The molecule has 0 bridgehead atoms. The van der Waals surface area contributed by atoms with E-state index in [1.165, 1.54) is 18.2 Å². The lowest BCUT2D eigenvalue weighted by atomic mass is 10.2. The smallest absolute Gasteiger partial charge is 0.406 e. The van der Waals surface area contributed by atoms with Crippen molar-refractivity contribution in [1.29, 1.82) is 0 Å². The van der Waals surface area contributed by atoms with Gasteiger partial charge in [0.25, 0.3) is 5.91 Å². The number of rotatable bonds is 3. The highest BCUT2D eigenvalue weighted by molar-refractivity contribution is 6.04. The normalized spacial score (nSPS) is 11.0.